The van der Waals surface area contributed by atoms with Gasteiger partial charge in [0.15, 0.2) is 0 Å². The third-order valence-corrected chi connectivity index (χ3v) is 3.98. The van der Waals surface area contributed by atoms with E-state index >= 15 is 0 Å². The quantitative estimate of drug-likeness (QED) is 0.680. The van der Waals surface area contributed by atoms with Gasteiger partial charge in [-0.1, -0.05) is 29.3 Å². The van der Waals surface area contributed by atoms with Gasteiger partial charge in [0.25, 0.3) is 0 Å². The van der Waals surface area contributed by atoms with E-state index in [1.54, 1.807) is 24.3 Å². The molecule has 0 aliphatic heterocycles. The minimum atomic E-state index is -0.0454. The maximum absolute atomic E-state index is 11.4. The largest absolute Gasteiger partial charge is 0.455 e. The summed E-state index contributed by atoms with van der Waals surface area (Å²) in [4.78, 5) is 11.4. The van der Waals surface area contributed by atoms with Crippen LogP contribution in [-0.2, 0) is 4.79 Å². The molecule has 1 fully saturated rings. The number of benzene rings is 1. The average Bonchev–Trinajstić information content (AvgIpc) is 3.22. The van der Waals surface area contributed by atoms with Crippen LogP contribution in [0.15, 0.2) is 39.9 Å². The van der Waals surface area contributed by atoms with Crippen LogP contribution >= 0.6 is 23.2 Å². The number of halogens is 2. The van der Waals surface area contributed by atoms with E-state index < -0.39 is 0 Å². The number of furan rings is 1. The Morgan fingerprint density at radius 3 is 2.86 bits per heavy atom. The highest BCUT2D eigenvalue weighted by Gasteiger charge is 2.29. The molecule has 1 amide bonds. The van der Waals surface area contributed by atoms with Gasteiger partial charge in [-0.3, -0.25) is 4.79 Å². The number of nitrogens with one attached hydrogen (secondary N) is 1. The van der Waals surface area contributed by atoms with Crippen molar-refractivity contribution in [2.45, 2.75) is 12.8 Å². The lowest BCUT2D eigenvalue weighted by Crippen LogP contribution is -2.18. The lowest BCUT2D eigenvalue weighted by molar-refractivity contribution is -0.122. The number of hydrogen-bond acceptors (Lipinski definition) is 3. The first-order valence-corrected chi connectivity index (χ1v) is 7.28. The zero-order valence-corrected chi connectivity index (χ0v) is 12.5. The van der Waals surface area contributed by atoms with E-state index in [9.17, 15) is 4.79 Å². The first kappa shape index (κ1) is 14.2. The van der Waals surface area contributed by atoms with Crippen LogP contribution in [0.25, 0.3) is 11.3 Å². The zero-order valence-electron chi connectivity index (χ0n) is 11.0. The van der Waals surface area contributed by atoms with Crippen molar-refractivity contribution >= 4 is 35.3 Å². The maximum atomic E-state index is 11.4. The van der Waals surface area contributed by atoms with Crippen molar-refractivity contribution in [2.75, 3.05) is 0 Å². The number of hydrazone groups is 1. The van der Waals surface area contributed by atoms with Crippen molar-refractivity contribution in [3.05, 3.63) is 46.1 Å². The van der Waals surface area contributed by atoms with E-state index in [4.69, 9.17) is 27.6 Å². The molecule has 6 heteroatoms. The van der Waals surface area contributed by atoms with Crippen molar-refractivity contribution in [1.82, 2.24) is 5.43 Å². The number of amides is 1. The second kappa shape index (κ2) is 5.92. The molecular weight excluding hydrogens is 311 g/mol. The second-order valence-corrected chi connectivity index (χ2v) is 5.60. The minimum absolute atomic E-state index is 0.0454. The molecule has 1 heterocycles. The molecular formula is C15H12Cl2N2O2. The van der Waals surface area contributed by atoms with Crippen LogP contribution in [0.1, 0.15) is 18.6 Å². The Hall–Kier alpha value is -1.78. The SMILES string of the molecule is O=C(N/N=C\c1ccc(-c2cccc(Cl)c2Cl)o1)C1CC1. The predicted octanol–water partition coefficient (Wildman–Crippen LogP) is 4.11. The normalized spacial score (nSPS) is 14.6. The first-order valence-electron chi connectivity index (χ1n) is 6.52. The van der Waals surface area contributed by atoms with Gasteiger partial charge in [-0.15, -0.1) is 0 Å². The van der Waals surface area contributed by atoms with Crippen LogP contribution in [0, 0.1) is 5.92 Å². The molecule has 1 aromatic carbocycles. The number of carbonyl (C=O) groups is 1. The van der Waals surface area contributed by atoms with E-state index in [0.29, 0.717) is 27.1 Å². The second-order valence-electron chi connectivity index (χ2n) is 4.81. The molecule has 1 N–H and O–H groups in total. The highest BCUT2D eigenvalue weighted by atomic mass is 35.5. The van der Waals surface area contributed by atoms with Crippen LogP contribution in [0.2, 0.25) is 10.0 Å². The summed E-state index contributed by atoms with van der Waals surface area (Å²) in [6.07, 6.45) is 3.35. The van der Waals surface area contributed by atoms with Crippen molar-refractivity contribution in [1.29, 1.82) is 0 Å². The Morgan fingerprint density at radius 1 is 1.29 bits per heavy atom. The molecule has 0 bridgehead atoms. The standard InChI is InChI=1S/C15H12Cl2N2O2/c16-12-3-1-2-11(14(12)17)13-7-6-10(21-13)8-18-19-15(20)9-4-5-9/h1-3,6-9H,4-5H2,(H,19,20)/b18-8-. The summed E-state index contributed by atoms with van der Waals surface area (Å²) in [6, 6.07) is 8.87. The van der Waals surface area contributed by atoms with Gasteiger partial charge in [0.1, 0.15) is 11.5 Å². The Balaban J connectivity index is 1.72. The van der Waals surface area contributed by atoms with Crippen molar-refractivity contribution in [2.24, 2.45) is 11.0 Å². The summed E-state index contributed by atoms with van der Waals surface area (Å²) in [7, 11) is 0. The van der Waals surface area contributed by atoms with Gasteiger partial charge in [-0.25, -0.2) is 5.43 Å². The van der Waals surface area contributed by atoms with Gasteiger partial charge in [0.2, 0.25) is 5.91 Å². The summed E-state index contributed by atoms with van der Waals surface area (Å²) in [5, 5.41) is 4.79. The number of carbonyl (C=O) groups excluding carboxylic acids is 1. The molecule has 0 spiro atoms. The molecule has 1 aliphatic carbocycles. The molecule has 0 radical (unpaired) electrons. The summed E-state index contributed by atoms with van der Waals surface area (Å²) >= 11 is 12.1. The fourth-order valence-corrected chi connectivity index (χ4v) is 2.25. The third-order valence-electron chi connectivity index (χ3n) is 3.16. The van der Waals surface area contributed by atoms with Crippen LogP contribution in [-0.4, -0.2) is 12.1 Å². The predicted molar refractivity (Wildman–Crippen MR) is 82.6 cm³/mol. The maximum Gasteiger partial charge on any atom is 0.243 e. The molecule has 0 unspecified atom stereocenters. The Morgan fingerprint density at radius 2 is 2.10 bits per heavy atom. The first-order chi connectivity index (χ1) is 10.1. The van der Waals surface area contributed by atoms with Crippen molar-refractivity contribution in [3.63, 3.8) is 0 Å². The molecule has 21 heavy (non-hydrogen) atoms. The van der Waals surface area contributed by atoms with Crippen LogP contribution in [0.5, 0.6) is 0 Å². The Kier molecular flexibility index (Phi) is 3.99. The average molecular weight is 323 g/mol. The van der Waals surface area contributed by atoms with Gasteiger partial charge >= 0.3 is 0 Å². The van der Waals surface area contributed by atoms with Gasteiger partial charge < -0.3 is 4.42 Å². The Bertz CT molecular complexity index is 705. The summed E-state index contributed by atoms with van der Waals surface area (Å²) < 4.78 is 5.62. The third kappa shape index (κ3) is 3.28. The van der Waals surface area contributed by atoms with E-state index in [1.165, 1.54) is 6.21 Å². The summed E-state index contributed by atoms with van der Waals surface area (Å²) in [5.41, 5.74) is 3.20. The van der Waals surface area contributed by atoms with Crippen LogP contribution < -0.4 is 5.43 Å². The van der Waals surface area contributed by atoms with Crippen molar-refractivity contribution in [3.8, 4) is 11.3 Å². The summed E-state index contributed by atoms with van der Waals surface area (Å²) in [5.74, 6) is 1.20. The van der Waals surface area contributed by atoms with Gasteiger partial charge in [0, 0.05) is 11.5 Å². The highest BCUT2D eigenvalue weighted by molar-refractivity contribution is 6.43. The topological polar surface area (TPSA) is 54.6 Å². The van der Waals surface area contributed by atoms with E-state index in [0.717, 1.165) is 12.8 Å². The molecule has 1 aliphatic rings. The Labute approximate surface area is 131 Å². The number of nitrogens with zero attached hydrogens (tertiary/aromatic N) is 1. The lowest BCUT2D eigenvalue weighted by atomic mass is 10.2. The van der Waals surface area contributed by atoms with E-state index in [1.807, 2.05) is 6.07 Å². The van der Waals surface area contributed by atoms with Crippen LogP contribution in [0.3, 0.4) is 0 Å². The van der Waals surface area contributed by atoms with Crippen LogP contribution in [0.4, 0.5) is 0 Å². The monoisotopic (exact) mass is 322 g/mol. The molecule has 0 atom stereocenters. The molecule has 1 aromatic heterocycles. The number of hydrogen-bond donors (Lipinski definition) is 1. The van der Waals surface area contributed by atoms with Crippen molar-refractivity contribution < 1.29 is 9.21 Å². The van der Waals surface area contributed by atoms with Gasteiger partial charge in [-0.2, -0.15) is 5.10 Å². The fourth-order valence-electron chi connectivity index (χ4n) is 1.86. The van der Waals surface area contributed by atoms with E-state index in [-0.39, 0.29) is 11.8 Å². The smallest absolute Gasteiger partial charge is 0.243 e. The summed E-state index contributed by atoms with van der Waals surface area (Å²) in [6.45, 7) is 0. The molecule has 1 saturated carbocycles. The molecule has 108 valence electrons. The number of rotatable bonds is 4. The van der Waals surface area contributed by atoms with E-state index in [2.05, 4.69) is 10.5 Å². The lowest BCUT2D eigenvalue weighted by Gasteiger charge is -2.01. The molecule has 0 saturated heterocycles. The highest BCUT2D eigenvalue weighted by Crippen LogP contribution is 2.34. The minimum Gasteiger partial charge on any atom is -0.455 e. The van der Waals surface area contributed by atoms with Gasteiger partial charge in [0.05, 0.1) is 16.3 Å². The molecule has 3 rings (SSSR count). The molecule has 4 nitrogen and oxygen atoms in total. The zero-order chi connectivity index (χ0) is 14.8. The molecule has 2 aromatic rings. The fraction of sp³-hybridized carbons (Fsp3) is 0.200. The van der Waals surface area contributed by atoms with Gasteiger partial charge in [-0.05, 0) is 37.1 Å².